The molecular weight excluding hydrogens is 320 g/mol. The summed E-state index contributed by atoms with van der Waals surface area (Å²) in [5.74, 6) is 1.61. The molecule has 108 valence electrons. The lowest BCUT2D eigenvalue weighted by Crippen LogP contribution is -2.21. The zero-order valence-corrected chi connectivity index (χ0v) is 13.3. The molecule has 1 aromatic carbocycles. The molecule has 5 nitrogen and oxygen atoms in total. The molecule has 2 rings (SSSR count). The summed E-state index contributed by atoms with van der Waals surface area (Å²) in [5.41, 5.74) is 7.17. The maximum atomic E-state index is 6.01. The first-order chi connectivity index (χ1) is 9.60. The number of nitrogens with two attached hydrogens (primary N) is 1. The second kappa shape index (κ2) is 6.85. The normalized spacial score (nSPS) is 12.4. The fourth-order valence-corrected chi connectivity index (χ4v) is 2.23. The van der Waals surface area contributed by atoms with Gasteiger partial charge in [0.05, 0.1) is 0 Å². The maximum absolute atomic E-state index is 6.01. The van der Waals surface area contributed by atoms with Gasteiger partial charge < -0.3 is 10.5 Å². The number of ether oxygens (including phenoxy) is 1. The summed E-state index contributed by atoms with van der Waals surface area (Å²) in [4.78, 5) is 4.13. The SMILES string of the molecule is CCC(N)Cc1cc(OCc2ncnn2C)ccc1Br. The summed E-state index contributed by atoms with van der Waals surface area (Å²) in [7, 11) is 1.85. The summed E-state index contributed by atoms with van der Waals surface area (Å²) < 4.78 is 8.52. The van der Waals surface area contributed by atoms with Crippen molar-refractivity contribution in [3.05, 3.63) is 40.4 Å². The molecule has 0 fully saturated rings. The monoisotopic (exact) mass is 338 g/mol. The minimum Gasteiger partial charge on any atom is -0.486 e. The third kappa shape index (κ3) is 3.80. The van der Waals surface area contributed by atoms with Gasteiger partial charge in [-0.05, 0) is 36.6 Å². The molecule has 1 unspecified atom stereocenters. The van der Waals surface area contributed by atoms with Gasteiger partial charge in [-0.1, -0.05) is 22.9 Å². The molecule has 0 aliphatic heterocycles. The molecule has 0 bridgehead atoms. The van der Waals surface area contributed by atoms with Crippen LogP contribution >= 0.6 is 15.9 Å². The summed E-state index contributed by atoms with van der Waals surface area (Å²) >= 11 is 3.55. The Morgan fingerprint density at radius 1 is 1.45 bits per heavy atom. The van der Waals surface area contributed by atoms with Gasteiger partial charge in [0.25, 0.3) is 0 Å². The molecule has 20 heavy (non-hydrogen) atoms. The van der Waals surface area contributed by atoms with E-state index in [0.29, 0.717) is 6.61 Å². The highest BCUT2D eigenvalue weighted by molar-refractivity contribution is 9.10. The number of halogens is 1. The lowest BCUT2D eigenvalue weighted by atomic mass is 10.0. The van der Waals surface area contributed by atoms with Crippen molar-refractivity contribution in [3.63, 3.8) is 0 Å². The Labute approximate surface area is 127 Å². The van der Waals surface area contributed by atoms with E-state index in [1.54, 1.807) is 4.68 Å². The number of aryl methyl sites for hydroxylation is 1. The topological polar surface area (TPSA) is 66.0 Å². The van der Waals surface area contributed by atoms with Crippen LogP contribution < -0.4 is 10.5 Å². The molecule has 0 radical (unpaired) electrons. The highest BCUT2D eigenvalue weighted by Gasteiger charge is 2.08. The van der Waals surface area contributed by atoms with E-state index < -0.39 is 0 Å². The van der Waals surface area contributed by atoms with Crippen molar-refractivity contribution in [1.82, 2.24) is 14.8 Å². The van der Waals surface area contributed by atoms with E-state index in [1.807, 2.05) is 25.2 Å². The van der Waals surface area contributed by atoms with Crippen LogP contribution in [0.4, 0.5) is 0 Å². The van der Waals surface area contributed by atoms with Crippen molar-refractivity contribution < 1.29 is 4.74 Å². The van der Waals surface area contributed by atoms with Crippen LogP contribution in [0.15, 0.2) is 29.0 Å². The van der Waals surface area contributed by atoms with E-state index in [2.05, 4.69) is 32.9 Å². The highest BCUT2D eigenvalue weighted by Crippen LogP contribution is 2.24. The molecule has 0 saturated heterocycles. The molecule has 1 atom stereocenters. The van der Waals surface area contributed by atoms with E-state index >= 15 is 0 Å². The first-order valence-electron chi connectivity index (χ1n) is 6.59. The van der Waals surface area contributed by atoms with Gasteiger partial charge in [-0.3, -0.25) is 4.68 Å². The van der Waals surface area contributed by atoms with Crippen LogP contribution in [-0.4, -0.2) is 20.8 Å². The van der Waals surface area contributed by atoms with Crippen LogP contribution in [0.5, 0.6) is 5.75 Å². The first-order valence-corrected chi connectivity index (χ1v) is 7.39. The van der Waals surface area contributed by atoms with Gasteiger partial charge >= 0.3 is 0 Å². The lowest BCUT2D eigenvalue weighted by Gasteiger charge is -2.12. The molecule has 0 spiro atoms. The quantitative estimate of drug-likeness (QED) is 0.878. The minimum atomic E-state index is 0.167. The average Bonchev–Trinajstić information content (AvgIpc) is 2.85. The van der Waals surface area contributed by atoms with Gasteiger partial charge in [0.15, 0.2) is 5.82 Å². The highest BCUT2D eigenvalue weighted by atomic mass is 79.9. The molecular formula is C14H19BrN4O. The molecule has 2 N–H and O–H groups in total. The summed E-state index contributed by atoms with van der Waals surface area (Å²) in [6.07, 6.45) is 3.31. The van der Waals surface area contributed by atoms with E-state index in [1.165, 1.54) is 6.33 Å². The second-order valence-electron chi connectivity index (χ2n) is 4.71. The van der Waals surface area contributed by atoms with Crippen LogP contribution in [0.1, 0.15) is 24.7 Å². The van der Waals surface area contributed by atoms with Crippen molar-refractivity contribution in [1.29, 1.82) is 0 Å². The van der Waals surface area contributed by atoms with E-state index in [4.69, 9.17) is 10.5 Å². The van der Waals surface area contributed by atoms with Crippen LogP contribution in [0.2, 0.25) is 0 Å². The van der Waals surface area contributed by atoms with Crippen LogP contribution in [0.3, 0.4) is 0 Å². The van der Waals surface area contributed by atoms with Gasteiger partial charge in [-0.2, -0.15) is 5.10 Å². The summed E-state index contributed by atoms with van der Waals surface area (Å²) in [5, 5.41) is 4.01. The second-order valence-corrected chi connectivity index (χ2v) is 5.57. The van der Waals surface area contributed by atoms with Crippen molar-refractivity contribution >= 4 is 15.9 Å². The van der Waals surface area contributed by atoms with E-state index in [-0.39, 0.29) is 6.04 Å². The fourth-order valence-electron chi connectivity index (χ4n) is 1.82. The number of benzene rings is 1. The molecule has 0 amide bonds. The van der Waals surface area contributed by atoms with E-state index in [0.717, 1.165) is 34.5 Å². The Morgan fingerprint density at radius 2 is 2.25 bits per heavy atom. The summed E-state index contributed by atoms with van der Waals surface area (Å²) in [6, 6.07) is 6.11. The maximum Gasteiger partial charge on any atom is 0.164 e. The standard InChI is InChI=1S/C14H19BrN4O/c1-3-11(16)6-10-7-12(4-5-13(10)15)20-8-14-17-9-18-19(14)2/h4-5,7,9,11H,3,6,8,16H2,1-2H3. The molecule has 6 heteroatoms. The largest absolute Gasteiger partial charge is 0.486 e. The van der Waals surface area contributed by atoms with Gasteiger partial charge in [0, 0.05) is 17.6 Å². The lowest BCUT2D eigenvalue weighted by molar-refractivity contribution is 0.289. The number of rotatable bonds is 6. The van der Waals surface area contributed by atoms with Crippen molar-refractivity contribution in [2.24, 2.45) is 12.8 Å². The Hall–Kier alpha value is -1.40. The summed E-state index contributed by atoms with van der Waals surface area (Å²) in [6.45, 7) is 2.49. The zero-order chi connectivity index (χ0) is 14.5. The first kappa shape index (κ1) is 15.0. The smallest absolute Gasteiger partial charge is 0.164 e. The number of hydrogen-bond donors (Lipinski definition) is 1. The van der Waals surface area contributed by atoms with E-state index in [9.17, 15) is 0 Å². The predicted octanol–water partition coefficient (Wildman–Crippen LogP) is 2.44. The molecule has 0 aliphatic carbocycles. The predicted molar refractivity (Wildman–Crippen MR) is 81.4 cm³/mol. The third-order valence-corrected chi connectivity index (χ3v) is 3.97. The molecule has 0 aliphatic rings. The molecule has 1 aromatic heterocycles. The van der Waals surface area contributed by atoms with Gasteiger partial charge in [-0.25, -0.2) is 4.98 Å². The third-order valence-electron chi connectivity index (χ3n) is 3.20. The van der Waals surface area contributed by atoms with Gasteiger partial charge in [0.2, 0.25) is 0 Å². The van der Waals surface area contributed by atoms with Crippen LogP contribution in [-0.2, 0) is 20.1 Å². The van der Waals surface area contributed by atoms with Crippen LogP contribution in [0, 0.1) is 0 Å². The Morgan fingerprint density at radius 3 is 2.90 bits per heavy atom. The number of hydrogen-bond acceptors (Lipinski definition) is 4. The van der Waals surface area contributed by atoms with Gasteiger partial charge in [-0.15, -0.1) is 0 Å². The number of aromatic nitrogens is 3. The number of nitrogens with zero attached hydrogens (tertiary/aromatic N) is 3. The fraction of sp³-hybridized carbons (Fsp3) is 0.429. The average molecular weight is 339 g/mol. The van der Waals surface area contributed by atoms with Gasteiger partial charge in [0.1, 0.15) is 18.7 Å². The molecule has 1 heterocycles. The van der Waals surface area contributed by atoms with Crippen molar-refractivity contribution in [3.8, 4) is 5.75 Å². The Balaban J connectivity index is 2.05. The Kier molecular flexibility index (Phi) is 5.14. The molecule has 2 aromatic rings. The zero-order valence-electron chi connectivity index (χ0n) is 11.7. The molecule has 0 saturated carbocycles. The minimum absolute atomic E-state index is 0.167. The van der Waals surface area contributed by atoms with Crippen molar-refractivity contribution in [2.75, 3.05) is 0 Å². The van der Waals surface area contributed by atoms with Crippen molar-refractivity contribution in [2.45, 2.75) is 32.4 Å². The van der Waals surface area contributed by atoms with Crippen LogP contribution in [0.25, 0.3) is 0 Å². The Bertz CT molecular complexity index is 570.